The molecule has 12 heavy (non-hydrogen) atoms. The van der Waals surface area contributed by atoms with Gasteiger partial charge in [-0.2, -0.15) is 0 Å². The maximum atomic E-state index is 5.05. The summed E-state index contributed by atoms with van der Waals surface area (Å²) in [6.45, 7) is 12.7. The van der Waals surface area contributed by atoms with Gasteiger partial charge in [0.25, 0.3) is 0 Å². The highest BCUT2D eigenvalue weighted by molar-refractivity contribution is 8.00. The molecule has 0 amide bonds. The molecule has 3 heteroatoms. The molecule has 0 saturated carbocycles. The topological polar surface area (TPSA) is 3.24 Å². The van der Waals surface area contributed by atoms with Crippen LogP contribution in [-0.4, -0.2) is 20.3 Å². The summed E-state index contributed by atoms with van der Waals surface area (Å²) in [6.07, 6.45) is 0. The first-order chi connectivity index (χ1) is 5.07. The zero-order valence-corrected chi connectivity index (χ0v) is 10.4. The van der Waals surface area contributed by atoms with Crippen molar-refractivity contribution >= 4 is 29.2 Å². The van der Waals surface area contributed by atoms with E-state index in [0.717, 1.165) is 0 Å². The monoisotopic (exact) mass is 204 g/mol. The minimum absolute atomic E-state index is 0.0110. The van der Waals surface area contributed by atoms with Crippen LogP contribution >= 0.6 is 12.2 Å². The van der Waals surface area contributed by atoms with E-state index in [1.54, 1.807) is 0 Å². The number of nitrogens with zero attached hydrogens (tertiary/aromatic N) is 1. The predicted octanol–water partition coefficient (Wildman–Crippen LogP) is 2.72. The van der Waals surface area contributed by atoms with Gasteiger partial charge in [-0.1, -0.05) is 4.32 Å². The van der Waals surface area contributed by atoms with Crippen LogP contribution in [0.25, 0.3) is 0 Å². The maximum absolute atomic E-state index is 5.05. The van der Waals surface area contributed by atoms with E-state index >= 15 is 0 Å². The van der Waals surface area contributed by atoms with Crippen LogP contribution < -0.4 is 0 Å². The van der Waals surface area contributed by atoms with Crippen LogP contribution in [0.5, 0.6) is 0 Å². The molecule has 0 atom stereocenters. The van der Waals surface area contributed by atoms with Gasteiger partial charge in [-0.05, 0) is 41.5 Å². The summed E-state index contributed by atoms with van der Waals surface area (Å²) in [5.74, 6) is 0. The van der Waals surface area contributed by atoms with Crippen LogP contribution in [0.2, 0.25) is 0 Å². The molecule has 0 aliphatic carbocycles. The first-order valence-electron chi connectivity index (χ1n) is 4.08. The predicted molar refractivity (Wildman–Crippen MR) is 61.3 cm³/mol. The van der Waals surface area contributed by atoms with Crippen molar-refractivity contribution in [2.45, 2.75) is 52.6 Å². The molecule has 0 fully saturated rings. The summed E-state index contributed by atoms with van der Waals surface area (Å²) in [5, 5.41) is 0. The fourth-order valence-electron chi connectivity index (χ4n) is 1.55. The quantitative estimate of drug-likeness (QED) is 0.441. The zero-order chi connectivity index (χ0) is 10.2. The summed E-state index contributed by atoms with van der Waals surface area (Å²) in [5.41, 5.74) is 0.0220. The molecule has 0 bridgehead atoms. The van der Waals surface area contributed by atoms with Crippen LogP contribution in [-0.2, 0) is 12.6 Å². The highest BCUT2D eigenvalue weighted by Gasteiger charge is 2.28. The third kappa shape index (κ3) is 3.23. The molecule has 0 radical (unpaired) electrons. The molecular formula is C9H18NS2-. The van der Waals surface area contributed by atoms with Gasteiger partial charge in [0, 0.05) is 11.1 Å². The Bertz CT molecular complexity index is 160. The molecule has 0 unspecified atom stereocenters. The molecule has 0 aromatic rings. The lowest BCUT2D eigenvalue weighted by molar-refractivity contribution is 0.131. The largest absolute Gasteiger partial charge is 0.411 e. The molecule has 0 aliphatic heterocycles. The molecule has 72 valence electrons. The van der Waals surface area contributed by atoms with Crippen molar-refractivity contribution in [3.63, 3.8) is 0 Å². The van der Waals surface area contributed by atoms with Gasteiger partial charge in [0.05, 0.1) is 0 Å². The normalized spacial score (nSPS) is 12.8. The Labute approximate surface area is 86.9 Å². The molecule has 0 aromatic carbocycles. The second-order valence-electron chi connectivity index (χ2n) is 4.94. The van der Waals surface area contributed by atoms with E-state index in [1.165, 1.54) is 0 Å². The van der Waals surface area contributed by atoms with E-state index in [4.69, 9.17) is 24.8 Å². The zero-order valence-electron chi connectivity index (χ0n) is 8.76. The number of hydrogen-bond acceptors (Lipinski definition) is 2. The Morgan fingerprint density at radius 1 is 1.00 bits per heavy atom. The minimum atomic E-state index is 0.0110. The van der Waals surface area contributed by atoms with E-state index in [1.807, 2.05) is 0 Å². The van der Waals surface area contributed by atoms with Crippen molar-refractivity contribution in [3.05, 3.63) is 0 Å². The van der Waals surface area contributed by atoms with E-state index in [2.05, 4.69) is 46.4 Å². The van der Waals surface area contributed by atoms with Gasteiger partial charge < -0.3 is 29.7 Å². The lowest BCUT2D eigenvalue weighted by Gasteiger charge is -2.49. The third-order valence-corrected chi connectivity index (χ3v) is 1.89. The summed E-state index contributed by atoms with van der Waals surface area (Å²) < 4.78 is 0.551. The molecule has 0 spiro atoms. The van der Waals surface area contributed by atoms with Crippen molar-refractivity contribution in [2.75, 3.05) is 0 Å². The van der Waals surface area contributed by atoms with Crippen LogP contribution in [0.4, 0.5) is 0 Å². The van der Waals surface area contributed by atoms with Crippen LogP contribution in [0.3, 0.4) is 0 Å². The van der Waals surface area contributed by atoms with Crippen molar-refractivity contribution in [3.8, 4) is 0 Å². The van der Waals surface area contributed by atoms with Crippen molar-refractivity contribution < 1.29 is 0 Å². The summed E-state index contributed by atoms with van der Waals surface area (Å²) >= 11 is 10.1. The highest BCUT2D eigenvalue weighted by Crippen LogP contribution is 2.24. The van der Waals surface area contributed by atoms with Crippen molar-refractivity contribution in [2.24, 2.45) is 0 Å². The number of rotatable bonds is 0. The average molecular weight is 204 g/mol. The van der Waals surface area contributed by atoms with Crippen molar-refractivity contribution in [1.82, 2.24) is 4.90 Å². The smallest absolute Gasteiger partial charge is 0.0307 e. The standard InChI is InChI=1S/C9H19NS2/c1-8(2,3)10(7(11)12)9(4,5)6/h1-6H3,(H,11,12)/p-1. The summed E-state index contributed by atoms with van der Waals surface area (Å²) in [7, 11) is 0. The van der Waals surface area contributed by atoms with Gasteiger partial charge in [0.1, 0.15) is 0 Å². The first-order valence-corrected chi connectivity index (χ1v) is 4.90. The molecule has 0 rings (SSSR count). The van der Waals surface area contributed by atoms with Gasteiger partial charge in [-0.15, -0.1) is 0 Å². The van der Waals surface area contributed by atoms with E-state index in [-0.39, 0.29) is 11.1 Å². The average Bonchev–Trinajstić information content (AvgIpc) is 1.49. The summed E-state index contributed by atoms with van der Waals surface area (Å²) in [6, 6.07) is 0. The fourth-order valence-corrected chi connectivity index (χ4v) is 2.65. The SMILES string of the molecule is CC(C)(C)N(C(=S)[S-])C(C)(C)C. The van der Waals surface area contributed by atoms with Crippen LogP contribution in [0, 0.1) is 0 Å². The number of hydrogen-bond donors (Lipinski definition) is 0. The molecule has 0 saturated heterocycles. The molecule has 1 nitrogen and oxygen atoms in total. The third-order valence-electron chi connectivity index (χ3n) is 1.52. The highest BCUT2D eigenvalue weighted by atomic mass is 32.1. The van der Waals surface area contributed by atoms with Gasteiger partial charge >= 0.3 is 0 Å². The van der Waals surface area contributed by atoms with E-state index in [9.17, 15) is 0 Å². The lowest BCUT2D eigenvalue weighted by atomic mass is 9.97. The Morgan fingerprint density at radius 2 is 1.25 bits per heavy atom. The Kier molecular flexibility index (Phi) is 3.49. The molecule has 0 aliphatic rings. The molecular weight excluding hydrogens is 186 g/mol. The van der Waals surface area contributed by atoms with E-state index in [0.29, 0.717) is 4.32 Å². The minimum Gasteiger partial charge on any atom is -0.411 e. The molecule has 0 N–H and O–H groups in total. The van der Waals surface area contributed by atoms with Crippen LogP contribution in [0.1, 0.15) is 41.5 Å². The van der Waals surface area contributed by atoms with Crippen LogP contribution in [0.15, 0.2) is 0 Å². The molecule has 0 aromatic heterocycles. The van der Waals surface area contributed by atoms with Crippen molar-refractivity contribution in [1.29, 1.82) is 0 Å². The molecule has 0 heterocycles. The Balaban J connectivity index is 4.82. The Morgan fingerprint density at radius 3 is 1.25 bits per heavy atom. The van der Waals surface area contributed by atoms with Gasteiger partial charge in [0.15, 0.2) is 0 Å². The van der Waals surface area contributed by atoms with Gasteiger partial charge in [0.2, 0.25) is 0 Å². The maximum Gasteiger partial charge on any atom is 0.0307 e. The van der Waals surface area contributed by atoms with E-state index < -0.39 is 0 Å². The number of thiocarbonyl (C=S) groups is 1. The lowest BCUT2D eigenvalue weighted by Crippen LogP contribution is -2.54. The van der Waals surface area contributed by atoms with Gasteiger partial charge in [-0.25, -0.2) is 0 Å². The second-order valence-corrected chi connectivity index (χ2v) is 5.97. The summed E-state index contributed by atoms with van der Waals surface area (Å²) in [4.78, 5) is 2.09. The first kappa shape index (κ1) is 12.1. The van der Waals surface area contributed by atoms with Gasteiger partial charge in [-0.3, -0.25) is 0 Å². The fraction of sp³-hybridized carbons (Fsp3) is 0.889. The Hall–Kier alpha value is 0.110. The second kappa shape index (κ2) is 3.46.